The number of rotatable bonds is 20. The second-order valence-electron chi connectivity index (χ2n) is 9.79. The minimum absolute atomic E-state index is 1.09. The van der Waals surface area contributed by atoms with Crippen molar-refractivity contribution in [3.8, 4) is 0 Å². The zero-order valence-electron chi connectivity index (χ0n) is 24.6. The highest BCUT2D eigenvalue weighted by molar-refractivity contribution is 7.62. The van der Waals surface area contributed by atoms with Crippen molar-refractivity contribution in [3.05, 3.63) is 0 Å². The van der Waals surface area contributed by atoms with Gasteiger partial charge in [0.2, 0.25) is 33.3 Å². The summed E-state index contributed by atoms with van der Waals surface area (Å²) < 4.78 is 29.8. The molecular weight excluding hydrogens is 496 g/mol. The van der Waals surface area contributed by atoms with E-state index in [-0.39, 0.29) is 0 Å². The maximum atomic E-state index is 7.44. The summed E-state index contributed by atoms with van der Waals surface area (Å²) in [4.78, 5) is 0. The van der Waals surface area contributed by atoms with E-state index in [0.29, 0.717) is 0 Å². The molecule has 9 heteroatoms. The lowest BCUT2D eigenvalue weighted by Gasteiger charge is -2.52. The van der Waals surface area contributed by atoms with Gasteiger partial charge in [-0.15, -0.1) is 0 Å². The fourth-order valence-corrected chi connectivity index (χ4v) is 27.5. The zero-order chi connectivity index (χ0) is 25.8. The van der Waals surface area contributed by atoms with Crippen LogP contribution in [0.15, 0.2) is 0 Å². The molecule has 0 N–H and O–H groups in total. The molecule has 0 aliphatic rings. The molecule has 0 aliphatic carbocycles. The molecule has 1 radical (unpaired) electrons. The Morgan fingerprint density at radius 1 is 0.303 bits per heavy atom. The molecule has 0 saturated carbocycles. The van der Waals surface area contributed by atoms with Crippen LogP contribution in [0.2, 0.25) is 72.5 Å². The van der Waals surface area contributed by atoms with Crippen LogP contribution in [-0.4, -0.2) is 33.3 Å². The minimum Gasteiger partial charge on any atom is -0.342 e. The van der Waals surface area contributed by atoms with Gasteiger partial charge in [-0.3, -0.25) is 0 Å². The van der Waals surface area contributed by atoms with E-state index in [1.165, 1.54) is 0 Å². The third kappa shape index (κ3) is 8.60. The molecule has 33 heavy (non-hydrogen) atoms. The SMILES string of the molecule is CC[Si](CC)(CC)O[P](O[Si](CC)(CC)CC)(O[Si](CC)(CC)CC)O[Si](CC)(CC)CC. The molecule has 0 atom stereocenters. The van der Waals surface area contributed by atoms with Crippen LogP contribution in [0, 0.1) is 0 Å². The summed E-state index contributed by atoms with van der Waals surface area (Å²) in [5, 5.41) is 0. The number of hydrogen-bond donors (Lipinski definition) is 0. The monoisotopic (exact) mass is 555 g/mol. The highest BCUT2D eigenvalue weighted by Crippen LogP contribution is 2.72. The lowest BCUT2D eigenvalue weighted by Crippen LogP contribution is -2.49. The van der Waals surface area contributed by atoms with Gasteiger partial charge in [-0.1, -0.05) is 83.1 Å². The van der Waals surface area contributed by atoms with Crippen LogP contribution in [0.3, 0.4) is 0 Å². The summed E-state index contributed by atoms with van der Waals surface area (Å²) in [6, 6.07) is 13.1. The van der Waals surface area contributed by atoms with Crippen molar-refractivity contribution in [2.24, 2.45) is 0 Å². The first kappa shape index (κ1) is 34.1. The van der Waals surface area contributed by atoms with Gasteiger partial charge in [0, 0.05) is 0 Å². The lowest BCUT2D eigenvalue weighted by atomic mass is 10.9. The Labute approximate surface area is 213 Å². The molecule has 0 aromatic heterocycles. The van der Waals surface area contributed by atoms with Crippen molar-refractivity contribution in [2.75, 3.05) is 0 Å². The van der Waals surface area contributed by atoms with E-state index < -0.39 is 41.4 Å². The standard InChI is InChI=1S/C24H60O4PSi4/c1-13-30(14-2,15-3)25-29(26-31(16-4,17-5)18-6,27-32(19-7,20-8)21-9)28-33(22-10,23-11)24-12/h13-24H2,1-12H3. The van der Waals surface area contributed by atoms with Crippen LogP contribution >= 0.6 is 8.17 Å². The molecule has 0 fully saturated rings. The van der Waals surface area contributed by atoms with Gasteiger partial charge in [0.25, 0.3) is 0 Å². The van der Waals surface area contributed by atoms with Crippen molar-refractivity contribution in [1.29, 1.82) is 0 Å². The normalized spacial score (nSPS) is 14.2. The van der Waals surface area contributed by atoms with E-state index in [9.17, 15) is 0 Å². The summed E-state index contributed by atoms with van der Waals surface area (Å²) in [5.41, 5.74) is 0. The summed E-state index contributed by atoms with van der Waals surface area (Å²) >= 11 is 0. The van der Waals surface area contributed by atoms with Crippen LogP contribution in [0.5, 0.6) is 0 Å². The Kier molecular flexibility index (Phi) is 15.9. The molecule has 0 saturated heterocycles. The number of hydrogen-bond acceptors (Lipinski definition) is 4. The zero-order valence-corrected chi connectivity index (χ0v) is 29.5. The first-order valence-electron chi connectivity index (χ1n) is 14.3. The molecule has 0 rings (SSSR count). The van der Waals surface area contributed by atoms with Gasteiger partial charge in [-0.25, -0.2) is 0 Å². The van der Waals surface area contributed by atoms with Crippen molar-refractivity contribution in [1.82, 2.24) is 0 Å². The van der Waals surface area contributed by atoms with Crippen molar-refractivity contribution in [2.45, 2.75) is 156 Å². The fraction of sp³-hybridized carbons (Fsp3) is 1.00. The van der Waals surface area contributed by atoms with E-state index in [1.807, 2.05) is 0 Å². The van der Waals surface area contributed by atoms with Gasteiger partial charge in [-0.05, 0) is 72.5 Å². The molecule has 0 amide bonds. The first-order valence-corrected chi connectivity index (χ1v) is 25.9. The third-order valence-corrected chi connectivity index (χ3v) is 34.2. The van der Waals surface area contributed by atoms with E-state index in [4.69, 9.17) is 16.9 Å². The van der Waals surface area contributed by atoms with Crippen molar-refractivity contribution < 1.29 is 16.9 Å². The third-order valence-electron chi connectivity index (χ3n) is 8.95. The van der Waals surface area contributed by atoms with Crippen LogP contribution in [0.1, 0.15) is 83.1 Å². The van der Waals surface area contributed by atoms with Gasteiger partial charge in [0.15, 0.2) is 0 Å². The molecule has 0 heterocycles. The maximum Gasteiger partial charge on any atom is 0.339 e. The lowest BCUT2D eigenvalue weighted by molar-refractivity contribution is 0.241. The van der Waals surface area contributed by atoms with Crippen molar-refractivity contribution >= 4 is 41.4 Å². The first-order chi connectivity index (χ1) is 15.6. The highest BCUT2D eigenvalue weighted by atomic mass is 31.2. The van der Waals surface area contributed by atoms with Gasteiger partial charge >= 0.3 is 8.17 Å². The van der Waals surface area contributed by atoms with Gasteiger partial charge in [-0.2, -0.15) is 0 Å². The highest BCUT2D eigenvalue weighted by Gasteiger charge is 2.55. The van der Waals surface area contributed by atoms with E-state index in [1.54, 1.807) is 0 Å². The van der Waals surface area contributed by atoms with E-state index >= 15 is 0 Å². The predicted molar refractivity (Wildman–Crippen MR) is 160 cm³/mol. The Balaban J connectivity index is 7.10. The fourth-order valence-electron chi connectivity index (χ4n) is 4.84. The molecule has 201 valence electrons. The summed E-state index contributed by atoms with van der Waals surface area (Å²) in [7, 11) is -11.0. The molecular formula is C24H60O4PSi4. The van der Waals surface area contributed by atoms with Crippen molar-refractivity contribution in [3.63, 3.8) is 0 Å². The van der Waals surface area contributed by atoms with E-state index in [2.05, 4.69) is 83.1 Å². The average molecular weight is 556 g/mol. The molecule has 0 aromatic rings. The van der Waals surface area contributed by atoms with E-state index in [0.717, 1.165) is 72.5 Å². The van der Waals surface area contributed by atoms with Gasteiger partial charge in [0.1, 0.15) is 0 Å². The molecule has 0 spiro atoms. The molecule has 4 nitrogen and oxygen atoms in total. The van der Waals surface area contributed by atoms with Gasteiger partial charge in [0.05, 0.1) is 0 Å². The Morgan fingerprint density at radius 3 is 0.515 bits per heavy atom. The van der Waals surface area contributed by atoms with Crippen LogP contribution in [0.4, 0.5) is 0 Å². The second kappa shape index (κ2) is 15.4. The average Bonchev–Trinajstić information content (AvgIpc) is 2.88. The minimum atomic E-state index is -2.93. The molecule has 0 aromatic carbocycles. The van der Waals surface area contributed by atoms with Crippen LogP contribution in [0.25, 0.3) is 0 Å². The van der Waals surface area contributed by atoms with Gasteiger partial charge < -0.3 is 16.9 Å². The maximum absolute atomic E-state index is 7.44. The quantitative estimate of drug-likeness (QED) is 0.111. The molecule has 0 bridgehead atoms. The largest absolute Gasteiger partial charge is 0.342 e. The topological polar surface area (TPSA) is 36.9 Å². The second-order valence-corrected chi connectivity index (χ2v) is 31.6. The molecule has 0 aliphatic heterocycles. The molecule has 0 unspecified atom stereocenters. The smallest absolute Gasteiger partial charge is 0.339 e. The Morgan fingerprint density at radius 2 is 0.424 bits per heavy atom. The summed E-state index contributed by atoms with van der Waals surface area (Å²) in [5.74, 6) is 0. The summed E-state index contributed by atoms with van der Waals surface area (Å²) in [6.07, 6.45) is 0. The Bertz CT molecular complexity index is 396. The van der Waals surface area contributed by atoms with Crippen LogP contribution in [-0.2, 0) is 16.9 Å². The Hall–Kier alpha value is 1.14. The van der Waals surface area contributed by atoms with Crippen LogP contribution < -0.4 is 0 Å². The summed E-state index contributed by atoms with van der Waals surface area (Å²) in [6.45, 7) is 27.7. The predicted octanol–water partition coefficient (Wildman–Crippen LogP) is 10.8.